The highest BCUT2D eigenvalue weighted by Crippen LogP contribution is 2.34. The summed E-state index contributed by atoms with van der Waals surface area (Å²) in [4.78, 5) is 28.2. The van der Waals surface area contributed by atoms with E-state index in [9.17, 15) is 18.0 Å². The largest absolute Gasteiger partial charge is 0.329 e. The van der Waals surface area contributed by atoms with Crippen molar-refractivity contribution in [1.82, 2.24) is 24.3 Å². The van der Waals surface area contributed by atoms with Crippen molar-refractivity contribution in [2.45, 2.75) is 56.9 Å². The summed E-state index contributed by atoms with van der Waals surface area (Å²) < 4.78 is 30.1. The molecule has 11 heteroatoms. The van der Waals surface area contributed by atoms with Crippen LogP contribution in [0.3, 0.4) is 0 Å². The van der Waals surface area contributed by atoms with Crippen LogP contribution in [-0.2, 0) is 28.4 Å². The Balaban J connectivity index is 1.24. The summed E-state index contributed by atoms with van der Waals surface area (Å²) in [7, 11) is -1.72. The van der Waals surface area contributed by atoms with Crippen LogP contribution < -0.4 is 10.2 Å². The van der Waals surface area contributed by atoms with Crippen LogP contribution in [0.4, 0.5) is 10.6 Å². The molecule has 2 aromatic carbocycles. The van der Waals surface area contributed by atoms with Gasteiger partial charge in [0.1, 0.15) is 0 Å². The molecule has 0 radical (unpaired) electrons. The van der Waals surface area contributed by atoms with Crippen molar-refractivity contribution in [3.8, 4) is 0 Å². The Morgan fingerprint density at radius 2 is 1.88 bits per heavy atom. The van der Waals surface area contributed by atoms with Gasteiger partial charge in [0.15, 0.2) is 5.82 Å². The average Bonchev–Trinajstić information content (AvgIpc) is 3.28. The maximum atomic E-state index is 13.4. The molecule has 224 valence electrons. The van der Waals surface area contributed by atoms with Crippen molar-refractivity contribution < 1.29 is 18.0 Å². The Bertz CT molecular complexity index is 1610. The van der Waals surface area contributed by atoms with Gasteiger partial charge in [-0.2, -0.15) is 9.40 Å². The van der Waals surface area contributed by atoms with Gasteiger partial charge in [-0.1, -0.05) is 37.3 Å². The van der Waals surface area contributed by atoms with Gasteiger partial charge in [0.2, 0.25) is 15.9 Å². The molecule has 0 saturated carbocycles. The predicted molar refractivity (Wildman–Crippen MR) is 164 cm³/mol. The summed E-state index contributed by atoms with van der Waals surface area (Å²) in [5.74, 6) is 0.706. The molecule has 0 spiro atoms. The minimum Gasteiger partial charge on any atom is -0.299 e. The van der Waals surface area contributed by atoms with E-state index in [1.807, 2.05) is 45.2 Å². The van der Waals surface area contributed by atoms with E-state index in [-0.39, 0.29) is 12.3 Å². The molecule has 0 bridgehead atoms. The number of nitrogens with one attached hydrogen (secondary N) is 1. The lowest BCUT2D eigenvalue weighted by atomic mass is 9.89. The standard InChI is InChI=1S/C31H40N6O4S/c1-5-14-36(20-22(2)3)42(40,41)26-8-6-7-23(18-26)21-35-15-11-24(12-16-35)25-9-10-27-28(19-25)34(4)33-30(27)37-17-13-29(38)32-31(37)39/h6-10,18-19,24H,2,5,11-17,20-21H2,1,3-4H3,(H,32,38,39). The Kier molecular flexibility index (Phi) is 8.81. The molecule has 3 heterocycles. The van der Waals surface area contributed by atoms with Crippen LogP contribution in [0, 0.1) is 0 Å². The lowest BCUT2D eigenvalue weighted by Gasteiger charge is -2.32. The van der Waals surface area contributed by atoms with Crippen LogP contribution >= 0.6 is 0 Å². The Morgan fingerprint density at radius 3 is 2.57 bits per heavy atom. The molecular weight excluding hydrogens is 552 g/mol. The first-order valence-electron chi connectivity index (χ1n) is 14.6. The van der Waals surface area contributed by atoms with Gasteiger partial charge in [-0.15, -0.1) is 0 Å². The van der Waals surface area contributed by atoms with Gasteiger partial charge in [-0.05, 0) is 80.6 Å². The Labute approximate surface area is 248 Å². The van der Waals surface area contributed by atoms with Crippen molar-refractivity contribution >= 4 is 38.7 Å². The second-order valence-electron chi connectivity index (χ2n) is 11.5. The molecule has 0 aliphatic carbocycles. The van der Waals surface area contributed by atoms with Crippen LogP contribution in [0.15, 0.2) is 59.5 Å². The smallest absolute Gasteiger partial charge is 0.299 e. The SMILES string of the molecule is C=C(C)CN(CCC)S(=O)(=O)c1cccc(CN2CCC(c3ccc4c(N5CCC(=O)NC5=O)nn(C)c4c3)CC2)c1. The number of nitrogens with zero attached hydrogens (tertiary/aromatic N) is 5. The normalized spacial score (nSPS) is 17.3. The third-order valence-electron chi connectivity index (χ3n) is 8.09. The first kappa shape index (κ1) is 29.9. The van der Waals surface area contributed by atoms with Crippen LogP contribution in [0.1, 0.15) is 56.6 Å². The Morgan fingerprint density at radius 1 is 1.12 bits per heavy atom. The van der Waals surface area contributed by atoms with E-state index in [4.69, 9.17) is 0 Å². The van der Waals surface area contributed by atoms with Gasteiger partial charge in [-0.3, -0.25) is 24.6 Å². The lowest BCUT2D eigenvalue weighted by molar-refractivity contribution is -0.120. The van der Waals surface area contributed by atoms with E-state index in [2.05, 4.69) is 34.0 Å². The second kappa shape index (κ2) is 12.4. The maximum absolute atomic E-state index is 13.4. The number of amides is 3. The maximum Gasteiger partial charge on any atom is 0.329 e. The quantitative estimate of drug-likeness (QED) is 0.350. The molecule has 3 amide bonds. The molecule has 2 saturated heterocycles. The van der Waals surface area contributed by atoms with E-state index in [0.717, 1.165) is 54.4 Å². The third kappa shape index (κ3) is 6.28. The molecule has 10 nitrogen and oxygen atoms in total. The van der Waals surface area contributed by atoms with E-state index in [1.165, 1.54) is 14.8 Å². The van der Waals surface area contributed by atoms with Gasteiger partial charge in [0, 0.05) is 45.0 Å². The number of fused-ring (bicyclic) bond motifs is 1. The lowest BCUT2D eigenvalue weighted by Crippen LogP contribution is -2.49. The van der Waals surface area contributed by atoms with Gasteiger partial charge in [0.25, 0.3) is 0 Å². The summed E-state index contributed by atoms with van der Waals surface area (Å²) in [5.41, 5.74) is 4.02. The Hall–Kier alpha value is -3.54. The summed E-state index contributed by atoms with van der Waals surface area (Å²) in [6.45, 7) is 11.4. The number of anilines is 1. The number of hydrogen-bond acceptors (Lipinski definition) is 6. The molecule has 42 heavy (non-hydrogen) atoms. The van der Waals surface area contributed by atoms with Crippen molar-refractivity contribution in [3.05, 3.63) is 65.7 Å². The van der Waals surface area contributed by atoms with Gasteiger partial charge in [0.05, 0.1) is 10.4 Å². The first-order chi connectivity index (χ1) is 20.1. The first-order valence-corrected chi connectivity index (χ1v) is 16.0. The monoisotopic (exact) mass is 592 g/mol. The number of hydrogen-bond donors (Lipinski definition) is 1. The van der Waals surface area contributed by atoms with Crippen molar-refractivity contribution in [3.63, 3.8) is 0 Å². The highest BCUT2D eigenvalue weighted by Gasteiger charge is 2.29. The zero-order chi connectivity index (χ0) is 30.0. The second-order valence-corrected chi connectivity index (χ2v) is 13.4. The number of urea groups is 1. The predicted octanol–water partition coefficient (Wildman–Crippen LogP) is 4.38. The number of aromatic nitrogens is 2. The molecule has 2 aliphatic heterocycles. The number of aryl methyl sites for hydroxylation is 1. The fourth-order valence-corrected chi connectivity index (χ4v) is 7.61. The van der Waals surface area contributed by atoms with Crippen LogP contribution in [-0.4, -0.2) is 72.1 Å². The molecule has 1 N–H and O–H groups in total. The number of imide groups is 1. The van der Waals surface area contributed by atoms with Crippen molar-refractivity contribution in [1.29, 1.82) is 0 Å². The van der Waals surface area contributed by atoms with E-state index < -0.39 is 16.1 Å². The molecule has 2 aliphatic rings. The molecule has 3 aromatic rings. The fourth-order valence-electron chi connectivity index (χ4n) is 5.95. The summed E-state index contributed by atoms with van der Waals surface area (Å²) in [6.07, 6.45) is 2.99. The van der Waals surface area contributed by atoms with Crippen molar-refractivity contribution in [2.24, 2.45) is 7.05 Å². The minimum absolute atomic E-state index is 0.257. The van der Waals surface area contributed by atoms with Crippen LogP contribution in [0.2, 0.25) is 0 Å². The molecule has 0 atom stereocenters. The van der Waals surface area contributed by atoms with E-state index >= 15 is 0 Å². The average molecular weight is 593 g/mol. The zero-order valence-electron chi connectivity index (χ0n) is 24.7. The topological polar surface area (TPSA) is 108 Å². The summed E-state index contributed by atoms with van der Waals surface area (Å²) in [6, 6.07) is 13.2. The van der Waals surface area contributed by atoms with Gasteiger partial charge >= 0.3 is 6.03 Å². The molecule has 0 unspecified atom stereocenters. The minimum atomic E-state index is -3.59. The molecule has 5 rings (SSSR count). The van der Waals surface area contributed by atoms with E-state index in [0.29, 0.717) is 42.8 Å². The number of rotatable bonds is 10. The molecule has 2 fully saturated rings. The number of benzene rings is 2. The van der Waals surface area contributed by atoms with Crippen molar-refractivity contribution in [2.75, 3.05) is 37.6 Å². The summed E-state index contributed by atoms with van der Waals surface area (Å²) in [5, 5.41) is 7.87. The third-order valence-corrected chi connectivity index (χ3v) is 9.93. The molecular formula is C31H40N6O4S. The number of likely N-dealkylation sites (tertiary alicyclic amines) is 1. The zero-order valence-corrected chi connectivity index (χ0v) is 25.5. The van der Waals surface area contributed by atoms with Crippen LogP contribution in [0.5, 0.6) is 0 Å². The number of carbonyl (C=O) groups is 2. The van der Waals surface area contributed by atoms with Gasteiger partial charge in [-0.25, -0.2) is 13.2 Å². The van der Waals surface area contributed by atoms with Crippen LogP contribution in [0.25, 0.3) is 10.9 Å². The fraction of sp³-hybridized carbons (Fsp3) is 0.452. The van der Waals surface area contributed by atoms with E-state index in [1.54, 1.807) is 10.7 Å². The van der Waals surface area contributed by atoms with Gasteiger partial charge < -0.3 is 0 Å². The molecule has 1 aromatic heterocycles. The number of piperidine rings is 1. The number of carbonyl (C=O) groups excluding carboxylic acids is 2. The summed E-state index contributed by atoms with van der Waals surface area (Å²) >= 11 is 0. The highest BCUT2D eigenvalue weighted by atomic mass is 32.2. The number of sulfonamides is 1. The highest BCUT2D eigenvalue weighted by molar-refractivity contribution is 7.89.